The minimum Gasteiger partial charge on any atom is -0.309 e. The van der Waals surface area contributed by atoms with Gasteiger partial charge in [-0.3, -0.25) is 9.59 Å². The summed E-state index contributed by atoms with van der Waals surface area (Å²) in [4.78, 5) is 36.5. The second-order valence-electron chi connectivity index (χ2n) is 20.3. The van der Waals surface area contributed by atoms with Crippen molar-refractivity contribution in [1.82, 2.24) is 9.13 Å². The Morgan fingerprint density at radius 1 is 0.269 bits per heavy atom. The third-order valence-corrected chi connectivity index (χ3v) is 17.2. The van der Waals surface area contributed by atoms with E-state index in [1.54, 1.807) is 11.8 Å². The van der Waals surface area contributed by atoms with E-state index in [-0.39, 0.29) is 10.9 Å². The normalized spacial score (nSPS) is 12.4. The lowest BCUT2D eigenvalue weighted by Crippen LogP contribution is -2.15. The summed E-state index contributed by atoms with van der Waals surface area (Å²) in [6.45, 7) is 0. The molecule has 0 bridgehead atoms. The van der Waals surface area contributed by atoms with Crippen molar-refractivity contribution in [3.05, 3.63) is 281 Å². The number of anilines is 3. The molecule has 16 rings (SSSR count). The van der Waals surface area contributed by atoms with Gasteiger partial charge in [-0.1, -0.05) is 188 Å². The molecule has 15 aromatic rings. The van der Waals surface area contributed by atoms with Crippen LogP contribution in [0.5, 0.6) is 0 Å². The van der Waals surface area contributed by atoms with Crippen LogP contribution in [0.2, 0.25) is 0 Å². The van der Waals surface area contributed by atoms with Crippen LogP contribution >= 0.6 is 11.8 Å². The summed E-state index contributed by atoms with van der Waals surface area (Å²) in [6.07, 6.45) is 0. The molecule has 2 aromatic heterocycles. The first-order chi connectivity index (χ1) is 38.5. The minimum atomic E-state index is -0.148. The maximum atomic E-state index is 16.2. The second kappa shape index (κ2) is 17.3. The van der Waals surface area contributed by atoms with Crippen molar-refractivity contribution in [3.63, 3.8) is 0 Å². The Kier molecular flexibility index (Phi) is 9.81. The third-order valence-electron chi connectivity index (χ3n) is 16.0. The molecule has 0 spiro atoms. The standard InChI is InChI=1S/C72H43N3O2S/c76-71-57-42-51(73-66-40-47(44-15-3-1-4-16-44)31-37-68(66)78-69-38-32-48(41-67(69)73)45-17-5-2-6-18-45)33-29-46(57)27-28-49-39-50-30-34-56-64(74-60-23-11-7-19-52(60)53-20-8-12-24-61(53)74)35-36-65(70(56)72(77)59(50)43-58(49)71)75-62-25-13-9-21-54(62)55-22-10-14-26-63(55)75/h1-43H. The van der Waals surface area contributed by atoms with Gasteiger partial charge in [-0.15, -0.1) is 0 Å². The number of nitrogens with zero attached hydrogens (tertiary/aromatic N) is 3. The summed E-state index contributed by atoms with van der Waals surface area (Å²) in [7, 11) is 0. The van der Waals surface area contributed by atoms with Crippen LogP contribution in [-0.4, -0.2) is 9.13 Å². The molecule has 0 radical (unpaired) electrons. The number of aromatic nitrogens is 2. The van der Waals surface area contributed by atoms with Crippen LogP contribution in [0, 0.1) is 0 Å². The average molecular weight is 1010 g/mol. The van der Waals surface area contributed by atoms with E-state index in [0.29, 0.717) is 21.5 Å². The molecule has 0 atom stereocenters. The number of fused-ring (bicyclic) bond motifs is 12. The Morgan fingerprint density at radius 2 is 0.705 bits per heavy atom. The van der Waals surface area contributed by atoms with E-state index in [1.165, 1.54) is 0 Å². The fourth-order valence-electron chi connectivity index (χ4n) is 12.4. The zero-order valence-electron chi connectivity index (χ0n) is 41.9. The van der Waals surface area contributed by atoms with Gasteiger partial charge in [-0.2, -0.15) is 0 Å². The summed E-state index contributed by atoms with van der Waals surface area (Å²) >= 11 is 1.76. The maximum Gasteiger partial charge on any atom is 0.196 e. The topological polar surface area (TPSA) is 47.2 Å². The van der Waals surface area contributed by atoms with E-state index in [4.69, 9.17) is 0 Å². The molecule has 0 aliphatic carbocycles. The highest BCUT2D eigenvalue weighted by atomic mass is 32.2. The number of hydrogen-bond acceptors (Lipinski definition) is 4. The quantitative estimate of drug-likeness (QED) is 0.172. The number of para-hydroxylation sites is 4. The second-order valence-corrected chi connectivity index (χ2v) is 21.4. The van der Waals surface area contributed by atoms with Gasteiger partial charge in [-0.25, -0.2) is 0 Å². The van der Waals surface area contributed by atoms with Gasteiger partial charge < -0.3 is 14.0 Å². The summed E-state index contributed by atoms with van der Waals surface area (Å²) in [6, 6.07) is 90.8. The fraction of sp³-hybridized carbons (Fsp3) is 0. The highest BCUT2D eigenvalue weighted by Gasteiger charge is 2.27. The predicted octanol–water partition coefficient (Wildman–Crippen LogP) is 18.5. The SMILES string of the molecule is O=c1c2cc(N3c4cc(-c5ccccc5)ccc4Sc4ccc(-c5ccccc5)cc43)ccc2ccc2cc3ccc4c(-n5c6ccccc6c6ccccc65)ccc(-n5c6ccccc6c6ccccc65)c4c(=O)c3cc12. The Morgan fingerprint density at radius 3 is 1.26 bits per heavy atom. The zero-order valence-corrected chi connectivity index (χ0v) is 42.7. The van der Waals surface area contributed by atoms with Crippen molar-refractivity contribution in [2.24, 2.45) is 0 Å². The van der Waals surface area contributed by atoms with Crippen LogP contribution < -0.4 is 15.8 Å². The van der Waals surface area contributed by atoms with Crippen LogP contribution in [-0.2, 0) is 0 Å². The minimum absolute atomic E-state index is 0.138. The molecule has 0 unspecified atom stereocenters. The molecular weight excluding hydrogens is 971 g/mol. The van der Waals surface area contributed by atoms with E-state index in [9.17, 15) is 0 Å². The summed E-state index contributed by atoms with van der Waals surface area (Å²) in [5.41, 5.74) is 12.9. The van der Waals surface area contributed by atoms with Gasteiger partial charge in [0.25, 0.3) is 0 Å². The maximum absolute atomic E-state index is 16.2. The molecule has 0 N–H and O–H groups in total. The van der Waals surface area contributed by atoms with Gasteiger partial charge in [0.05, 0.1) is 50.2 Å². The van der Waals surface area contributed by atoms with E-state index in [1.807, 2.05) is 42.5 Å². The van der Waals surface area contributed by atoms with Crippen LogP contribution in [0.4, 0.5) is 17.1 Å². The van der Waals surface area contributed by atoms with Crippen LogP contribution in [0.1, 0.15) is 0 Å². The third kappa shape index (κ3) is 6.70. The van der Waals surface area contributed by atoms with Gasteiger partial charge in [0, 0.05) is 58.6 Å². The first-order valence-corrected chi connectivity index (χ1v) is 27.1. The van der Waals surface area contributed by atoms with Crippen molar-refractivity contribution in [1.29, 1.82) is 0 Å². The Labute approximate surface area is 451 Å². The van der Waals surface area contributed by atoms with Crippen molar-refractivity contribution >= 4 is 116 Å². The molecule has 13 aromatic carbocycles. The van der Waals surface area contributed by atoms with Crippen LogP contribution in [0.25, 0.3) is 120 Å². The molecule has 5 nitrogen and oxygen atoms in total. The van der Waals surface area contributed by atoms with Gasteiger partial charge in [0.2, 0.25) is 0 Å². The highest BCUT2D eigenvalue weighted by molar-refractivity contribution is 7.99. The van der Waals surface area contributed by atoms with Gasteiger partial charge in [-0.05, 0) is 123 Å². The first-order valence-electron chi connectivity index (χ1n) is 26.3. The molecule has 0 saturated carbocycles. The first kappa shape index (κ1) is 44.3. The lowest BCUT2D eigenvalue weighted by Gasteiger charge is -2.34. The summed E-state index contributed by atoms with van der Waals surface area (Å²) in [5.74, 6) is 0. The van der Waals surface area contributed by atoms with E-state index in [2.05, 4.69) is 232 Å². The lowest BCUT2D eigenvalue weighted by atomic mass is 10.0. The number of benzene rings is 11. The summed E-state index contributed by atoms with van der Waals surface area (Å²) < 4.78 is 4.54. The predicted molar refractivity (Wildman–Crippen MR) is 327 cm³/mol. The Balaban J connectivity index is 0.960. The van der Waals surface area contributed by atoms with Crippen molar-refractivity contribution in [3.8, 4) is 33.6 Å². The van der Waals surface area contributed by atoms with Gasteiger partial charge in [0.1, 0.15) is 0 Å². The molecule has 0 amide bonds. The van der Waals surface area contributed by atoms with Gasteiger partial charge >= 0.3 is 0 Å². The number of rotatable bonds is 5. The van der Waals surface area contributed by atoms with Gasteiger partial charge in [0.15, 0.2) is 10.9 Å². The molecule has 6 heteroatoms. The van der Waals surface area contributed by atoms with Crippen molar-refractivity contribution < 1.29 is 0 Å². The van der Waals surface area contributed by atoms with E-state index >= 15 is 9.59 Å². The molecule has 0 saturated heterocycles. The lowest BCUT2D eigenvalue weighted by molar-refractivity contribution is 1.17. The molecule has 1 aliphatic rings. The van der Waals surface area contributed by atoms with Crippen molar-refractivity contribution in [2.75, 3.05) is 4.90 Å². The zero-order chi connectivity index (χ0) is 51.6. The fourth-order valence-corrected chi connectivity index (χ4v) is 13.4. The Hall–Kier alpha value is -10.0. The molecule has 1 aliphatic heterocycles. The molecule has 3 heterocycles. The molecule has 0 fully saturated rings. The molecule has 364 valence electrons. The molecular formula is C72H43N3O2S. The molecule has 78 heavy (non-hydrogen) atoms. The van der Waals surface area contributed by atoms with Crippen LogP contribution in [0.3, 0.4) is 0 Å². The largest absolute Gasteiger partial charge is 0.309 e. The van der Waals surface area contributed by atoms with Crippen molar-refractivity contribution in [2.45, 2.75) is 9.79 Å². The van der Waals surface area contributed by atoms with Crippen LogP contribution in [0.15, 0.2) is 280 Å². The number of hydrogen-bond donors (Lipinski definition) is 0. The van der Waals surface area contributed by atoms with E-state index < -0.39 is 0 Å². The average Bonchev–Trinajstić information content (AvgIpc) is 4.12. The summed E-state index contributed by atoms with van der Waals surface area (Å²) in [5, 5.41) is 9.72. The van der Waals surface area contributed by atoms with E-state index in [0.717, 1.165) is 126 Å². The monoisotopic (exact) mass is 1010 g/mol. The smallest absolute Gasteiger partial charge is 0.196 e. The Bertz CT molecular complexity index is 4990. The highest BCUT2D eigenvalue weighted by Crippen LogP contribution is 2.53.